The lowest BCUT2D eigenvalue weighted by Gasteiger charge is -2.00. The molecule has 0 heterocycles. The summed E-state index contributed by atoms with van der Waals surface area (Å²) in [5.74, 6) is 0. The highest BCUT2D eigenvalue weighted by molar-refractivity contribution is 8.13. The highest BCUT2D eigenvalue weighted by Crippen LogP contribution is 2.21. The summed E-state index contributed by atoms with van der Waals surface area (Å²) in [6.07, 6.45) is 8.30. The van der Waals surface area contributed by atoms with E-state index in [0.29, 0.717) is 0 Å². The van der Waals surface area contributed by atoms with Gasteiger partial charge >= 0.3 is 0 Å². The molecular formula is C26H22O2S2. The van der Waals surface area contributed by atoms with E-state index in [2.05, 4.69) is 42.5 Å². The molecule has 0 radical (unpaired) electrons. The molecule has 3 rings (SSSR count). The fourth-order valence-corrected chi connectivity index (χ4v) is 3.99. The first-order valence-electron chi connectivity index (χ1n) is 9.51. The molecule has 4 heteroatoms. The monoisotopic (exact) mass is 430 g/mol. The van der Waals surface area contributed by atoms with Crippen molar-refractivity contribution in [1.29, 1.82) is 0 Å². The minimum Gasteiger partial charge on any atom is -0.287 e. The van der Waals surface area contributed by atoms with Crippen LogP contribution in [0.4, 0.5) is 0 Å². The van der Waals surface area contributed by atoms with E-state index in [9.17, 15) is 9.59 Å². The van der Waals surface area contributed by atoms with Gasteiger partial charge in [0.05, 0.1) is 0 Å². The number of thioether (sulfide) groups is 2. The molecule has 0 saturated heterocycles. The van der Waals surface area contributed by atoms with Gasteiger partial charge in [0, 0.05) is 23.6 Å². The van der Waals surface area contributed by atoms with Crippen molar-refractivity contribution in [2.24, 2.45) is 0 Å². The van der Waals surface area contributed by atoms with Crippen molar-refractivity contribution in [1.82, 2.24) is 0 Å². The first-order valence-corrected chi connectivity index (χ1v) is 11.1. The van der Waals surface area contributed by atoms with Crippen molar-refractivity contribution >= 4 is 58.1 Å². The number of carbonyl (C=O) groups excluding carboxylic acids is 2. The van der Waals surface area contributed by atoms with Gasteiger partial charge in [-0.25, -0.2) is 0 Å². The summed E-state index contributed by atoms with van der Waals surface area (Å²) in [6.45, 7) is 3.14. The lowest BCUT2D eigenvalue weighted by Crippen LogP contribution is -1.81. The number of hydrogen-bond donors (Lipinski definition) is 0. The second kappa shape index (κ2) is 10.8. The second-order valence-corrected chi connectivity index (χ2v) is 9.16. The average molecular weight is 431 g/mol. The van der Waals surface area contributed by atoms with Gasteiger partial charge in [-0.1, -0.05) is 90.3 Å². The van der Waals surface area contributed by atoms with Crippen LogP contribution in [0.3, 0.4) is 0 Å². The molecule has 0 bridgehead atoms. The van der Waals surface area contributed by atoms with Gasteiger partial charge in [-0.2, -0.15) is 0 Å². The number of hydrogen-bond acceptors (Lipinski definition) is 4. The third-order valence-corrected chi connectivity index (χ3v) is 5.72. The van der Waals surface area contributed by atoms with Gasteiger partial charge in [-0.15, -0.1) is 0 Å². The molecule has 0 aliphatic rings. The maximum atomic E-state index is 11.2. The second-order valence-electron chi connectivity index (χ2n) is 6.66. The predicted molar refractivity (Wildman–Crippen MR) is 130 cm³/mol. The van der Waals surface area contributed by atoms with Crippen molar-refractivity contribution in [3.05, 3.63) is 95.1 Å². The zero-order valence-electron chi connectivity index (χ0n) is 16.9. The molecule has 2 nitrogen and oxygen atoms in total. The van der Waals surface area contributed by atoms with E-state index in [1.54, 1.807) is 13.8 Å². The summed E-state index contributed by atoms with van der Waals surface area (Å²) >= 11 is 2.49. The van der Waals surface area contributed by atoms with Crippen molar-refractivity contribution in [3.8, 4) is 0 Å². The Morgan fingerprint density at radius 3 is 1.30 bits per heavy atom. The van der Waals surface area contributed by atoms with E-state index in [1.165, 1.54) is 23.5 Å². The van der Waals surface area contributed by atoms with Gasteiger partial charge in [-0.3, -0.25) is 9.59 Å². The summed E-state index contributed by atoms with van der Waals surface area (Å²) in [5, 5.41) is 0.183. The van der Waals surface area contributed by atoms with Gasteiger partial charge < -0.3 is 0 Å². The smallest absolute Gasteiger partial charge is 0.190 e. The first-order chi connectivity index (χ1) is 14.5. The number of benzene rings is 3. The van der Waals surface area contributed by atoms with Crippen LogP contribution in [0.2, 0.25) is 0 Å². The van der Waals surface area contributed by atoms with Gasteiger partial charge in [0.25, 0.3) is 0 Å². The van der Waals surface area contributed by atoms with Crippen LogP contribution in [0.15, 0.2) is 82.6 Å². The minimum absolute atomic E-state index is 0.0917. The van der Waals surface area contributed by atoms with Crippen molar-refractivity contribution in [2.45, 2.75) is 23.6 Å². The third kappa shape index (κ3) is 7.21. The molecule has 0 aliphatic carbocycles. The van der Waals surface area contributed by atoms with Gasteiger partial charge in [0.1, 0.15) is 0 Å². The van der Waals surface area contributed by atoms with Crippen LogP contribution in [0, 0.1) is 0 Å². The van der Waals surface area contributed by atoms with E-state index < -0.39 is 0 Å². The zero-order valence-corrected chi connectivity index (χ0v) is 18.5. The zero-order chi connectivity index (χ0) is 21.3. The molecule has 0 aromatic heterocycles. The molecule has 30 heavy (non-hydrogen) atoms. The highest BCUT2D eigenvalue weighted by Gasteiger charge is 1.99. The predicted octanol–water partition coefficient (Wildman–Crippen LogP) is 7.30. The topological polar surface area (TPSA) is 34.1 Å². The minimum atomic E-state index is 0.0917. The Morgan fingerprint density at radius 1 is 0.567 bits per heavy atom. The summed E-state index contributed by atoms with van der Waals surface area (Å²) in [6, 6.07) is 24.2. The van der Waals surface area contributed by atoms with Crippen molar-refractivity contribution in [3.63, 3.8) is 0 Å². The Kier molecular flexibility index (Phi) is 7.89. The van der Waals surface area contributed by atoms with Gasteiger partial charge in [0.2, 0.25) is 0 Å². The Balaban J connectivity index is 1.65. The molecule has 0 spiro atoms. The molecule has 150 valence electrons. The molecule has 3 aromatic carbocycles. The maximum Gasteiger partial charge on any atom is 0.190 e. The summed E-state index contributed by atoms with van der Waals surface area (Å²) < 4.78 is 0. The van der Waals surface area contributed by atoms with Crippen molar-refractivity contribution in [2.75, 3.05) is 0 Å². The molecule has 0 N–H and O–H groups in total. The van der Waals surface area contributed by atoms with Crippen LogP contribution in [0.1, 0.15) is 36.1 Å². The van der Waals surface area contributed by atoms with E-state index in [1.807, 2.05) is 54.6 Å². The van der Waals surface area contributed by atoms with Crippen LogP contribution in [-0.4, -0.2) is 10.2 Å². The van der Waals surface area contributed by atoms with E-state index in [0.717, 1.165) is 32.0 Å². The Hall–Kier alpha value is -2.82. The Morgan fingerprint density at radius 2 is 0.933 bits per heavy atom. The Bertz CT molecular complexity index is 994. The fraction of sp³-hybridized carbons (Fsp3) is 0.0769. The first kappa shape index (κ1) is 21.9. The molecule has 3 aromatic rings. The lowest BCUT2D eigenvalue weighted by atomic mass is 10.1. The fourth-order valence-electron chi connectivity index (χ4n) is 2.78. The van der Waals surface area contributed by atoms with Crippen LogP contribution in [0.5, 0.6) is 0 Å². The Labute approximate surface area is 186 Å². The molecule has 0 saturated carbocycles. The van der Waals surface area contributed by atoms with Crippen molar-refractivity contribution < 1.29 is 9.59 Å². The molecule has 0 amide bonds. The summed E-state index contributed by atoms with van der Waals surface area (Å²) in [4.78, 5) is 24.3. The number of carbonyl (C=O) groups is 2. The average Bonchev–Trinajstić information content (AvgIpc) is 2.72. The summed E-state index contributed by atoms with van der Waals surface area (Å²) in [7, 11) is 0. The van der Waals surface area contributed by atoms with E-state index in [4.69, 9.17) is 0 Å². The van der Waals surface area contributed by atoms with Gasteiger partial charge in [-0.05, 0) is 52.6 Å². The number of rotatable bonds is 6. The molecule has 0 aliphatic heterocycles. The van der Waals surface area contributed by atoms with Crippen LogP contribution in [-0.2, 0) is 9.59 Å². The van der Waals surface area contributed by atoms with E-state index in [-0.39, 0.29) is 10.2 Å². The van der Waals surface area contributed by atoms with E-state index >= 15 is 0 Å². The van der Waals surface area contributed by atoms with Gasteiger partial charge in [0.15, 0.2) is 10.2 Å². The van der Waals surface area contributed by atoms with Crippen LogP contribution < -0.4 is 0 Å². The van der Waals surface area contributed by atoms with Crippen LogP contribution in [0.25, 0.3) is 24.3 Å². The molecule has 0 fully saturated rings. The van der Waals surface area contributed by atoms with Crippen LogP contribution >= 0.6 is 23.5 Å². The largest absolute Gasteiger partial charge is 0.287 e. The molecular weight excluding hydrogens is 408 g/mol. The third-order valence-electron chi connectivity index (χ3n) is 4.13. The normalized spacial score (nSPS) is 11.3. The highest BCUT2D eigenvalue weighted by atomic mass is 32.2. The summed E-state index contributed by atoms with van der Waals surface area (Å²) in [5.41, 5.74) is 4.42. The molecule has 0 unspecified atom stereocenters. The standard InChI is InChI=1S/C26H22O2S2/c1-19(27)29-25-14-10-21(11-15-25)6-8-23-4-3-5-24(18-23)9-7-22-12-16-26(17-13-22)30-20(2)28/h3-18H,1-2H3/b8-6+,9-7+. The SMILES string of the molecule is CC(=O)Sc1ccc(/C=C/c2cccc(/C=C/c3ccc(SC(C)=O)cc3)c2)cc1. The maximum absolute atomic E-state index is 11.2. The molecule has 0 atom stereocenters. The quantitative estimate of drug-likeness (QED) is 0.303. The lowest BCUT2D eigenvalue weighted by molar-refractivity contribution is -0.109.